The standard InChI is InChI=1S/C20H40N2O3.Na.H/c1-2-3-4-5-6-7-8-9-10-11-12-16-19(23)25-20(24)18(22)15-13-14-17-21;;/h18H,2-17,21-22H2,1H3;;. The molecule has 0 aromatic carbocycles. The Morgan fingerprint density at radius 3 is 1.81 bits per heavy atom. The second-order valence-electron chi connectivity index (χ2n) is 6.97. The number of hydrogen-bond donors (Lipinski definition) is 2. The van der Waals surface area contributed by atoms with Crippen molar-refractivity contribution in [2.75, 3.05) is 6.54 Å². The summed E-state index contributed by atoms with van der Waals surface area (Å²) in [5, 5.41) is 0. The molecule has 6 heteroatoms. The van der Waals surface area contributed by atoms with E-state index in [4.69, 9.17) is 16.2 Å². The average Bonchev–Trinajstić information content (AvgIpc) is 2.59. The normalized spacial score (nSPS) is 11.7. The molecule has 0 radical (unpaired) electrons. The molecule has 0 heterocycles. The third kappa shape index (κ3) is 18.8. The van der Waals surface area contributed by atoms with Crippen LogP contribution in [-0.2, 0) is 14.3 Å². The molecule has 0 rings (SSSR count). The maximum absolute atomic E-state index is 11.6. The molecule has 0 saturated carbocycles. The van der Waals surface area contributed by atoms with Crippen molar-refractivity contribution in [3.8, 4) is 0 Å². The van der Waals surface area contributed by atoms with E-state index in [1.54, 1.807) is 0 Å². The summed E-state index contributed by atoms with van der Waals surface area (Å²) >= 11 is 0. The van der Waals surface area contributed by atoms with E-state index in [1.807, 2.05) is 0 Å². The SMILES string of the molecule is CCCCCCCCCCCCCC(=O)OC(=O)C(N)CCCCN.[NaH]. The molecule has 0 amide bonds. The van der Waals surface area contributed by atoms with Gasteiger partial charge in [0.05, 0.1) is 0 Å². The van der Waals surface area contributed by atoms with Crippen molar-refractivity contribution in [3.63, 3.8) is 0 Å². The number of hydrogen-bond acceptors (Lipinski definition) is 5. The van der Waals surface area contributed by atoms with Gasteiger partial charge in [0.2, 0.25) is 0 Å². The number of unbranched alkanes of at least 4 members (excludes halogenated alkanes) is 11. The summed E-state index contributed by atoms with van der Waals surface area (Å²) in [6, 6.07) is -0.715. The second-order valence-corrected chi connectivity index (χ2v) is 6.97. The van der Waals surface area contributed by atoms with E-state index < -0.39 is 18.0 Å². The van der Waals surface area contributed by atoms with Gasteiger partial charge in [0.15, 0.2) is 0 Å². The van der Waals surface area contributed by atoms with E-state index in [9.17, 15) is 9.59 Å². The monoisotopic (exact) mass is 380 g/mol. The van der Waals surface area contributed by atoms with Crippen LogP contribution in [0.5, 0.6) is 0 Å². The van der Waals surface area contributed by atoms with Gasteiger partial charge < -0.3 is 16.2 Å². The Labute approximate surface area is 182 Å². The number of carbonyl (C=O) groups excluding carboxylic acids is 2. The molecule has 1 unspecified atom stereocenters. The van der Waals surface area contributed by atoms with Crippen LogP contribution < -0.4 is 11.5 Å². The zero-order chi connectivity index (χ0) is 18.8. The van der Waals surface area contributed by atoms with Crippen molar-refractivity contribution in [1.29, 1.82) is 0 Å². The van der Waals surface area contributed by atoms with Crippen LogP contribution in [0.3, 0.4) is 0 Å². The van der Waals surface area contributed by atoms with E-state index in [1.165, 1.54) is 51.4 Å². The molecule has 0 aromatic rings. The summed E-state index contributed by atoms with van der Waals surface area (Å²) in [7, 11) is 0. The first kappa shape index (κ1) is 28.3. The van der Waals surface area contributed by atoms with Crippen molar-refractivity contribution in [2.24, 2.45) is 11.5 Å². The zero-order valence-electron chi connectivity index (χ0n) is 16.3. The van der Waals surface area contributed by atoms with E-state index in [0.29, 0.717) is 19.4 Å². The Kier molecular flexibility index (Phi) is 23.2. The predicted octanol–water partition coefficient (Wildman–Crippen LogP) is 3.57. The number of nitrogens with two attached hydrogens (primary N) is 2. The Morgan fingerprint density at radius 2 is 1.31 bits per heavy atom. The van der Waals surface area contributed by atoms with Gasteiger partial charge in [-0.25, -0.2) is 4.79 Å². The quantitative estimate of drug-likeness (QED) is 0.174. The van der Waals surface area contributed by atoms with Crippen LogP contribution in [0.4, 0.5) is 0 Å². The van der Waals surface area contributed by atoms with E-state index >= 15 is 0 Å². The van der Waals surface area contributed by atoms with Crippen LogP contribution >= 0.6 is 0 Å². The van der Waals surface area contributed by atoms with E-state index in [2.05, 4.69) is 6.92 Å². The summed E-state index contributed by atoms with van der Waals surface area (Å²) in [5.41, 5.74) is 11.1. The fourth-order valence-corrected chi connectivity index (χ4v) is 2.80. The first-order chi connectivity index (χ1) is 12.1. The minimum atomic E-state index is -0.715. The van der Waals surface area contributed by atoms with Gasteiger partial charge in [-0.2, -0.15) is 0 Å². The molecule has 26 heavy (non-hydrogen) atoms. The third-order valence-electron chi connectivity index (χ3n) is 4.47. The van der Waals surface area contributed by atoms with Gasteiger partial charge >= 0.3 is 41.5 Å². The van der Waals surface area contributed by atoms with Crippen LogP contribution in [0.1, 0.15) is 103 Å². The van der Waals surface area contributed by atoms with Crippen molar-refractivity contribution in [1.82, 2.24) is 0 Å². The van der Waals surface area contributed by atoms with Crippen LogP contribution in [0.2, 0.25) is 0 Å². The molecule has 0 spiro atoms. The Hall–Kier alpha value is 0.0600. The molecule has 0 aliphatic rings. The van der Waals surface area contributed by atoms with Crippen LogP contribution in [0.25, 0.3) is 0 Å². The molecule has 1 atom stereocenters. The summed E-state index contributed by atoms with van der Waals surface area (Å²) in [4.78, 5) is 23.3. The van der Waals surface area contributed by atoms with Gasteiger partial charge in [-0.1, -0.05) is 77.6 Å². The Morgan fingerprint density at radius 1 is 0.808 bits per heavy atom. The number of esters is 2. The summed E-state index contributed by atoms with van der Waals surface area (Å²) < 4.78 is 4.80. The zero-order valence-corrected chi connectivity index (χ0v) is 16.3. The molecule has 0 aliphatic heterocycles. The van der Waals surface area contributed by atoms with Crippen molar-refractivity contribution >= 4 is 41.5 Å². The first-order valence-corrected chi connectivity index (χ1v) is 10.3. The average molecular weight is 381 g/mol. The minimum absolute atomic E-state index is 0. The fourth-order valence-electron chi connectivity index (χ4n) is 2.80. The maximum atomic E-state index is 11.6. The Balaban J connectivity index is 0. The topological polar surface area (TPSA) is 95.4 Å². The molecule has 4 N–H and O–H groups in total. The molecule has 0 saturated heterocycles. The molecular weight excluding hydrogens is 339 g/mol. The van der Waals surface area contributed by atoms with Crippen molar-refractivity contribution in [2.45, 2.75) is 109 Å². The van der Waals surface area contributed by atoms with Gasteiger partial charge in [0.25, 0.3) is 0 Å². The molecule has 5 nitrogen and oxygen atoms in total. The van der Waals surface area contributed by atoms with Crippen LogP contribution in [0.15, 0.2) is 0 Å². The predicted molar refractivity (Wildman–Crippen MR) is 110 cm³/mol. The molecule has 0 aromatic heterocycles. The summed E-state index contributed by atoms with van der Waals surface area (Å²) in [6.07, 6.45) is 15.9. The molecule has 0 fully saturated rings. The fraction of sp³-hybridized carbons (Fsp3) is 0.900. The Bertz CT molecular complexity index is 341. The summed E-state index contributed by atoms with van der Waals surface area (Å²) in [5.74, 6) is -1.06. The summed E-state index contributed by atoms with van der Waals surface area (Å²) in [6.45, 7) is 2.82. The molecular formula is C20H41N2NaO3. The van der Waals surface area contributed by atoms with E-state index in [-0.39, 0.29) is 29.6 Å². The second kappa shape index (κ2) is 21.4. The van der Waals surface area contributed by atoms with E-state index in [0.717, 1.165) is 32.1 Å². The van der Waals surface area contributed by atoms with Crippen molar-refractivity contribution in [3.05, 3.63) is 0 Å². The van der Waals surface area contributed by atoms with Gasteiger partial charge in [0.1, 0.15) is 6.04 Å². The number of rotatable bonds is 17. The molecule has 0 aliphatic carbocycles. The van der Waals surface area contributed by atoms with Gasteiger partial charge in [-0.05, 0) is 25.8 Å². The van der Waals surface area contributed by atoms with Gasteiger partial charge in [-0.3, -0.25) is 4.79 Å². The number of ether oxygens (including phenoxy) is 1. The molecule has 150 valence electrons. The van der Waals surface area contributed by atoms with Crippen LogP contribution in [-0.4, -0.2) is 54.1 Å². The van der Waals surface area contributed by atoms with Crippen LogP contribution in [0, 0.1) is 0 Å². The first-order valence-electron chi connectivity index (χ1n) is 10.3. The van der Waals surface area contributed by atoms with Gasteiger partial charge in [-0.15, -0.1) is 0 Å². The van der Waals surface area contributed by atoms with Crippen molar-refractivity contribution < 1.29 is 14.3 Å². The third-order valence-corrected chi connectivity index (χ3v) is 4.47. The van der Waals surface area contributed by atoms with Gasteiger partial charge in [0, 0.05) is 6.42 Å². The molecule has 0 bridgehead atoms. The number of carbonyl (C=O) groups is 2.